The van der Waals surface area contributed by atoms with Gasteiger partial charge in [-0.05, 0) is 44.2 Å². The number of carbonyl (C=O) groups excluding carboxylic acids is 1. The molecule has 0 heterocycles. The smallest absolute Gasteiger partial charge is 0.324 e. The van der Waals surface area contributed by atoms with Gasteiger partial charge in [0.25, 0.3) is 0 Å². The Labute approximate surface area is 155 Å². The third kappa shape index (κ3) is 5.22. The molecular weight excluding hydrogens is 381 g/mol. The van der Waals surface area contributed by atoms with Crippen molar-refractivity contribution >= 4 is 27.3 Å². The van der Waals surface area contributed by atoms with E-state index in [2.05, 4.69) is 5.32 Å². The summed E-state index contributed by atoms with van der Waals surface area (Å²) in [5.41, 5.74) is 0.216. The van der Waals surface area contributed by atoms with Crippen molar-refractivity contribution in [3.05, 3.63) is 59.7 Å². The molecule has 0 saturated carbocycles. The Hall–Kier alpha value is -2.55. The van der Waals surface area contributed by atoms with E-state index in [9.17, 15) is 26.4 Å². The number of nitrogens with zero attached hydrogens (tertiary/aromatic N) is 1. The molecule has 0 aliphatic rings. The molecule has 0 aliphatic carbocycles. The number of carbonyl (C=O) groups is 1. The number of halogens is 3. The lowest BCUT2D eigenvalue weighted by molar-refractivity contribution is -0.137. The Morgan fingerprint density at radius 3 is 2.22 bits per heavy atom. The quantitative estimate of drug-likeness (QED) is 0.830. The van der Waals surface area contributed by atoms with Crippen molar-refractivity contribution < 1.29 is 26.4 Å². The van der Waals surface area contributed by atoms with Crippen molar-refractivity contribution in [3.8, 4) is 0 Å². The monoisotopic (exact) mass is 400 g/mol. The van der Waals surface area contributed by atoms with Gasteiger partial charge in [0.15, 0.2) is 0 Å². The van der Waals surface area contributed by atoms with Gasteiger partial charge in [-0.1, -0.05) is 23.8 Å². The van der Waals surface area contributed by atoms with E-state index in [1.54, 1.807) is 24.3 Å². The highest BCUT2D eigenvalue weighted by atomic mass is 32.2. The Morgan fingerprint density at radius 2 is 1.70 bits per heavy atom. The fraction of sp³-hybridized carbons (Fsp3) is 0.278. The molecule has 2 rings (SSSR count). The summed E-state index contributed by atoms with van der Waals surface area (Å²) < 4.78 is 63.7. The molecule has 0 fully saturated rings. The topological polar surface area (TPSA) is 66.5 Å². The lowest BCUT2D eigenvalue weighted by Gasteiger charge is -2.28. The Kier molecular flexibility index (Phi) is 5.84. The lowest BCUT2D eigenvalue weighted by Crippen LogP contribution is -2.45. The number of hydrogen-bond donors (Lipinski definition) is 1. The Balaban J connectivity index is 2.29. The summed E-state index contributed by atoms with van der Waals surface area (Å²) in [7, 11) is -3.81. The highest BCUT2D eigenvalue weighted by Gasteiger charge is 2.32. The number of rotatable bonds is 5. The van der Waals surface area contributed by atoms with Crippen LogP contribution in [0.15, 0.2) is 48.5 Å². The van der Waals surface area contributed by atoms with Crippen LogP contribution in [-0.4, -0.2) is 26.6 Å². The molecule has 27 heavy (non-hydrogen) atoms. The van der Waals surface area contributed by atoms with Crippen LogP contribution in [0, 0.1) is 6.92 Å². The van der Waals surface area contributed by atoms with Crippen LogP contribution >= 0.6 is 0 Å². The summed E-state index contributed by atoms with van der Waals surface area (Å²) in [4.78, 5) is 12.5. The standard InChI is InChI=1S/C18H19F3N2O3S/c1-12-7-9-16(10-8-12)23(27(3,25)26)13(2)17(24)22-15-6-4-5-14(11-15)18(19,20)21/h4-11,13H,1-3H3,(H,22,24)/t13-/m1/s1. The van der Waals surface area contributed by atoms with Crippen LogP contribution in [0.5, 0.6) is 0 Å². The largest absolute Gasteiger partial charge is 0.416 e. The summed E-state index contributed by atoms with van der Waals surface area (Å²) in [6, 6.07) is 9.49. The first-order valence-corrected chi connectivity index (χ1v) is 9.78. The van der Waals surface area contributed by atoms with Crippen molar-refractivity contribution in [1.82, 2.24) is 0 Å². The van der Waals surface area contributed by atoms with Gasteiger partial charge >= 0.3 is 6.18 Å². The average Bonchev–Trinajstić information content (AvgIpc) is 2.55. The minimum atomic E-state index is -4.55. The van der Waals surface area contributed by atoms with Gasteiger partial charge in [0.1, 0.15) is 6.04 Å². The van der Waals surface area contributed by atoms with Crippen LogP contribution in [0.2, 0.25) is 0 Å². The molecule has 5 nitrogen and oxygen atoms in total. The number of aryl methyl sites for hydroxylation is 1. The number of alkyl halides is 3. The zero-order valence-electron chi connectivity index (χ0n) is 14.9. The molecule has 0 saturated heterocycles. The van der Waals surface area contributed by atoms with Crippen molar-refractivity contribution in [1.29, 1.82) is 0 Å². The van der Waals surface area contributed by atoms with Crippen LogP contribution in [0.4, 0.5) is 24.5 Å². The summed E-state index contributed by atoms with van der Waals surface area (Å²) in [6.45, 7) is 3.20. The van der Waals surface area contributed by atoms with E-state index in [0.29, 0.717) is 0 Å². The van der Waals surface area contributed by atoms with Gasteiger partial charge in [-0.15, -0.1) is 0 Å². The van der Waals surface area contributed by atoms with Crippen LogP contribution in [0.3, 0.4) is 0 Å². The number of hydrogen-bond acceptors (Lipinski definition) is 3. The molecule has 0 aliphatic heterocycles. The van der Waals surface area contributed by atoms with E-state index < -0.39 is 33.7 Å². The molecule has 1 amide bonds. The van der Waals surface area contributed by atoms with E-state index in [1.165, 1.54) is 13.0 Å². The molecule has 1 N–H and O–H groups in total. The maximum Gasteiger partial charge on any atom is 0.416 e. The summed E-state index contributed by atoms with van der Waals surface area (Å²) >= 11 is 0. The number of amides is 1. The maximum absolute atomic E-state index is 12.8. The first kappa shape index (κ1) is 20.8. The first-order valence-electron chi connectivity index (χ1n) is 7.94. The van der Waals surface area contributed by atoms with Gasteiger partial charge < -0.3 is 5.32 Å². The molecule has 0 spiro atoms. The first-order chi connectivity index (χ1) is 12.4. The predicted molar refractivity (Wildman–Crippen MR) is 98.0 cm³/mol. The molecule has 2 aromatic carbocycles. The zero-order chi connectivity index (χ0) is 20.4. The third-order valence-corrected chi connectivity index (χ3v) is 5.08. The van der Waals surface area contributed by atoms with E-state index in [1.807, 2.05) is 6.92 Å². The minimum absolute atomic E-state index is 0.0703. The second kappa shape index (κ2) is 7.59. The van der Waals surface area contributed by atoms with Crippen molar-refractivity contribution in [3.63, 3.8) is 0 Å². The second-order valence-corrected chi connectivity index (χ2v) is 8.00. The van der Waals surface area contributed by atoms with E-state index in [4.69, 9.17) is 0 Å². The lowest BCUT2D eigenvalue weighted by atomic mass is 10.2. The van der Waals surface area contributed by atoms with E-state index in [0.717, 1.165) is 34.3 Å². The van der Waals surface area contributed by atoms with Gasteiger partial charge in [-0.25, -0.2) is 8.42 Å². The predicted octanol–water partition coefficient (Wildman–Crippen LogP) is 3.81. The van der Waals surface area contributed by atoms with Gasteiger partial charge in [-0.2, -0.15) is 13.2 Å². The normalized spacial score (nSPS) is 13.1. The molecule has 9 heteroatoms. The van der Waals surface area contributed by atoms with Gasteiger partial charge in [0, 0.05) is 5.69 Å². The molecule has 0 aromatic heterocycles. The number of benzene rings is 2. The molecule has 0 radical (unpaired) electrons. The summed E-state index contributed by atoms with van der Waals surface area (Å²) in [5, 5.41) is 2.34. The summed E-state index contributed by atoms with van der Waals surface area (Å²) in [5.74, 6) is -0.750. The maximum atomic E-state index is 12.8. The van der Waals surface area contributed by atoms with E-state index in [-0.39, 0.29) is 11.4 Å². The number of nitrogens with one attached hydrogen (secondary N) is 1. The van der Waals surface area contributed by atoms with Crippen LogP contribution in [0.1, 0.15) is 18.1 Å². The molecular formula is C18H19F3N2O3S. The highest BCUT2D eigenvalue weighted by molar-refractivity contribution is 7.92. The van der Waals surface area contributed by atoms with Crippen LogP contribution in [-0.2, 0) is 21.0 Å². The van der Waals surface area contributed by atoms with Crippen LogP contribution in [0.25, 0.3) is 0 Å². The van der Waals surface area contributed by atoms with Gasteiger partial charge in [0.05, 0.1) is 17.5 Å². The van der Waals surface area contributed by atoms with Crippen LogP contribution < -0.4 is 9.62 Å². The van der Waals surface area contributed by atoms with Crippen molar-refractivity contribution in [2.75, 3.05) is 15.9 Å². The molecule has 0 unspecified atom stereocenters. The Morgan fingerprint density at radius 1 is 1.11 bits per heavy atom. The summed E-state index contributed by atoms with van der Waals surface area (Å²) in [6.07, 6.45) is -3.59. The average molecular weight is 400 g/mol. The second-order valence-electron chi connectivity index (χ2n) is 6.14. The third-order valence-electron chi connectivity index (χ3n) is 3.83. The van der Waals surface area contributed by atoms with Gasteiger partial charge in [0.2, 0.25) is 15.9 Å². The van der Waals surface area contributed by atoms with Crippen molar-refractivity contribution in [2.24, 2.45) is 0 Å². The number of anilines is 2. The molecule has 1 atom stereocenters. The molecule has 0 bridgehead atoms. The minimum Gasteiger partial charge on any atom is -0.324 e. The Bertz CT molecular complexity index is 926. The van der Waals surface area contributed by atoms with Gasteiger partial charge in [-0.3, -0.25) is 9.10 Å². The highest BCUT2D eigenvalue weighted by Crippen LogP contribution is 2.31. The SMILES string of the molecule is Cc1ccc(N([C@H](C)C(=O)Nc2cccc(C(F)(F)F)c2)S(C)(=O)=O)cc1. The van der Waals surface area contributed by atoms with E-state index >= 15 is 0 Å². The fourth-order valence-electron chi connectivity index (χ4n) is 2.52. The zero-order valence-corrected chi connectivity index (χ0v) is 15.7. The molecule has 2 aromatic rings. The molecule has 146 valence electrons. The fourth-order valence-corrected chi connectivity index (χ4v) is 3.70. The number of sulfonamides is 1. The van der Waals surface area contributed by atoms with Crippen molar-refractivity contribution in [2.45, 2.75) is 26.1 Å².